The number of anilines is 1. The molecule has 0 saturated heterocycles. The number of nitrogens with zero attached hydrogens (tertiary/aromatic N) is 1. The minimum Gasteiger partial charge on any atom is -0.480 e. The highest BCUT2D eigenvalue weighted by Gasteiger charge is 2.45. The summed E-state index contributed by atoms with van der Waals surface area (Å²) in [6.45, 7) is 0. The summed E-state index contributed by atoms with van der Waals surface area (Å²) in [5.74, 6) is -0.980. The summed E-state index contributed by atoms with van der Waals surface area (Å²) in [6.07, 6.45) is 3.46. The van der Waals surface area contributed by atoms with E-state index in [2.05, 4.69) is 15.6 Å². The fourth-order valence-corrected chi connectivity index (χ4v) is 2.46. The molecule has 1 fully saturated rings. The zero-order valence-corrected chi connectivity index (χ0v) is 11.3. The number of urea groups is 1. The molecule has 1 saturated carbocycles. The minimum atomic E-state index is -1.11. The highest BCUT2D eigenvalue weighted by molar-refractivity contribution is 5.96. The lowest BCUT2D eigenvalue weighted by Crippen LogP contribution is -2.60. The van der Waals surface area contributed by atoms with E-state index < -0.39 is 17.5 Å². The molecule has 1 aliphatic rings. The standard InChI is InChI=1S/C15H15N3O3/c19-13(20)15(6-2-7-15)18-14(21)17-11-4-5-12-10(9-11)3-1-8-16-12/h1,3-5,8-9H,2,6-7H2,(H,19,20)(H2,17,18,21). The Hall–Kier alpha value is -2.63. The van der Waals surface area contributed by atoms with Gasteiger partial charge in [-0.1, -0.05) is 6.07 Å². The predicted octanol–water partition coefficient (Wildman–Crippen LogP) is 2.36. The molecule has 3 rings (SSSR count). The van der Waals surface area contributed by atoms with E-state index in [-0.39, 0.29) is 0 Å². The van der Waals surface area contributed by atoms with Gasteiger partial charge in [-0.2, -0.15) is 0 Å². The summed E-state index contributed by atoms with van der Waals surface area (Å²) < 4.78 is 0. The number of carbonyl (C=O) groups excluding carboxylic acids is 1. The molecule has 0 aliphatic heterocycles. The maximum Gasteiger partial charge on any atom is 0.329 e. The Balaban J connectivity index is 1.72. The number of carboxylic acid groups (broad SMARTS) is 1. The van der Waals surface area contributed by atoms with Crippen molar-refractivity contribution < 1.29 is 14.7 Å². The fraction of sp³-hybridized carbons (Fsp3) is 0.267. The van der Waals surface area contributed by atoms with Crippen molar-refractivity contribution in [2.24, 2.45) is 0 Å². The molecule has 2 aromatic rings. The third-order valence-electron chi connectivity index (χ3n) is 3.83. The van der Waals surface area contributed by atoms with E-state index in [1.807, 2.05) is 12.1 Å². The van der Waals surface area contributed by atoms with Crippen LogP contribution in [0.5, 0.6) is 0 Å². The van der Waals surface area contributed by atoms with Gasteiger partial charge in [-0.15, -0.1) is 0 Å². The van der Waals surface area contributed by atoms with E-state index in [9.17, 15) is 14.7 Å². The maximum absolute atomic E-state index is 12.0. The molecule has 6 nitrogen and oxygen atoms in total. The van der Waals surface area contributed by atoms with Crippen LogP contribution < -0.4 is 10.6 Å². The highest BCUT2D eigenvalue weighted by atomic mass is 16.4. The number of aliphatic carboxylic acids is 1. The number of fused-ring (bicyclic) bond motifs is 1. The fourth-order valence-electron chi connectivity index (χ4n) is 2.46. The largest absolute Gasteiger partial charge is 0.480 e. The van der Waals surface area contributed by atoms with Crippen LogP contribution in [-0.4, -0.2) is 27.6 Å². The van der Waals surface area contributed by atoms with Gasteiger partial charge in [0, 0.05) is 17.3 Å². The summed E-state index contributed by atoms with van der Waals surface area (Å²) in [5, 5.41) is 15.3. The Morgan fingerprint density at radius 2 is 2.05 bits per heavy atom. The van der Waals surface area contributed by atoms with Gasteiger partial charge in [-0.25, -0.2) is 9.59 Å². The van der Waals surface area contributed by atoms with Crippen molar-refractivity contribution in [1.29, 1.82) is 0 Å². The molecule has 21 heavy (non-hydrogen) atoms. The van der Waals surface area contributed by atoms with Gasteiger partial charge in [0.15, 0.2) is 0 Å². The maximum atomic E-state index is 12.0. The Morgan fingerprint density at radius 3 is 2.71 bits per heavy atom. The van der Waals surface area contributed by atoms with Gasteiger partial charge >= 0.3 is 12.0 Å². The second kappa shape index (κ2) is 5.05. The van der Waals surface area contributed by atoms with E-state index in [0.29, 0.717) is 18.5 Å². The zero-order valence-electron chi connectivity index (χ0n) is 11.3. The number of carboxylic acids is 1. The summed E-state index contributed by atoms with van der Waals surface area (Å²) in [4.78, 5) is 27.4. The Kier molecular flexibility index (Phi) is 3.21. The number of benzene rings is 1. The van der Waals surface area contributed by atoms with Crippen molar-refractivity contribution in [3.05, 3.63) is 36.5 Å². The third kappa shape index (κ3) is 2.52. The number of hydrogen-bond donors (Lipinski definition) is 3. The van der Waals surface area contributed by atoms with E-state index in [1.165, 1.54) is 0 Å². The van der Waals surface area contributed by atoms with E-state index in [4.69, 9.17) is 0 Å². The molecule has 108 valence electrons. The normalized spacial score (nSPS) is 16.0. The van der Waals surface area contributed by atoms with Crippen LogP contribution in [0.3, 0.4) is 0 Å². The summed E-state index contributed by atoms with van der Waals surface area (Å²) in [5.41, 5.74) is 0.333. The molecule has 0 radical (unpaired) electrons. The minimum absolute atomic E-state index is 0.470. The number of nitrogens with one attached hydrogen (secondary N) is 2. The first kappa shape index (κ1) is 13.4. The molecule has 2 amide bonds. The first-order valence-corrected chi connectivity index (χ1v) is 6.76. The van der Waals surface area contributed by atoms with Crippen LogP contribution in [0, 0.1) is 0 Å². The molecule has 1 aromatic heterocycles. The van der Waals surface area contributed by atoms with Gasteiger partial charge in [0.05, 0.1) is 5.52 Å². The van der Waals surface area contributed by atoms with Crippen LogP contribution in [0.2, 0.25) is 0 Å². The van der Waals surface area contributed by atoms with E-state index in [1.54, 1.807) is 24.4 Å². The van der Waals surface area contributed by atoms with Crippen molar-refractivity contribution in [2.75, 3.05) is 5.32 Å². The first-order chi connectivity index (χ1) is 10.1. The Morgan fingerprint density at radius 1 is 1.24 bits per heavy atom. The number of hydrogen-bond acceptors (Lipinski definition) is 3. The number of pyridine rings is 1. The molecular weight excluding hydrogens is 270 g/mol. The van der Waals surface area contributed by atoms with Gasteiger partial charge in [-0.05, 0) is 43.5 Å². The Bertz CT molecular complexity index is 710. The highest BCUT2D eigenvalue weighted by Crippen LogP contribution is 2.32. The molecule has 1 aliphatic carbocycles. The topological polar surface area (TPSA) is 91.3 Å². The number of rotatable bonds is 3. The predicted molar refractivity (Wildman–Crippen MR) is 78.1 cm³/mol. The molecule has 1 heterocycles. The summed E-state index contributed by atoms with van der Waals surface area (Å²) >= 11 is 0. The second-order valence-electron chi connectivity index (χ2n) is 5.23. The molecule has 0 unspecified atom stereocenters. The SMILES string of the molecule is O=C(Nc1ccc2ncccc2c1)NC1(C(=O)O)CCC1. The smallest absolute Gasteiger partial charge is 0.329 e. The number of aromatic nitrogens is 1. The molecule has 6 heteroatoms. The van der Waals surface area contributed by atoms with Gasteiger partial charge in [0.1, 0.15) is 5.54 Å². The molecule has 0 spiro atoms. The van der Waals surface area contributed by atoms with Crippen molar-refractivity contribution in [1.82, 2.24) is 10.3 Å². The monoisotopic (exact) mass is 285 g/mol. The van der Waals surface area contributed by atoms with Crippen molar-refractivity contribution in [3.8, 4) is 0 Å². The molecule has 1 aromatic carbocycles. The lowest BCUT2D eigenvalue weighted by Gasteiger charge is -2.38. The lowest BCUT2D eigenvalue weighted by molar-refractivity contribution is -0.148. The van der Waals surface area contributed by atoms with Crippen LogP contribution in [0.25, 0.3) is 10.9 Å². The quantitative estimate of drug-likeness (QED) is 0.807. The zero-order chi connectivity index (χ0) is 14.9. The van der Waals surface area contributed by atoms with Crippen LogP contribution >= 0.6 is 0 Å². The van der Waals surface area contributed by atoms with E-state index in [0.717, 1.165) is 17.3 Å². The number of carbonyl (C=O) groups is 2. The van der Waals surface area contributed by atoms with Crippen molar-refractivity contribution >= 4 is 28.6 Å². The number of amides is 2. The average molecular weight is 285 g/mol. The van der Waals surface area contributed by atoms with Gasteiger partial charge in [0.25, 0.3) is 0 Å². The van der Waals surface area contributed by atoms with Gasteiger partial charge < -0.3 is 15.7 Å². The van der Waals surface area contributed by atoms with Crippen molar-refractivity contribution in [2.45, 2.75) is 24.8 Å². The summed E-state index contributed by atoms with van der Waals surface area (Å²) in [7, 11) is 0. The lowest BCUT2D eigenvalue weighted by atomic mass is 9.77. The average Bonchev–Trinajstić information content (AvgIpc) is 2.42. The first-order valence-electron chi connectivity index (χ1n) is 6.76. The second-order valence-corrected chi connectivity index (χ2v) is 5.23. The third-order valence-corrected chi connectivity index (χ3v) is 3.83. The molecule has 0 atom stereocenters. The van der Waals surface area contributed by atoms with Crippen LogP contribution in [0.4, 0.5) is 10.5 Å². The van der Waals surface area contributed by atoms with Crippen molar-refractivity contribution in [3.63, 3.8) is 0 Å². The Labute approximate surface area is 121 Å². The van der Waals surface area contributed by atoms with Gasteiger partial charge in [-0.3, -0.25) is 4.98 Å². The van der Waals surface area contributed by atoms with Crippen LogP contribution in [-0.2, 0) is 4.79 Å². The van der Waals surface area contributed by atoms with E-state index >= 15 is 0 Å². The van der Waals surface area contributed by atoms with Gasteiger partial charge in [0.2, 0.25) is 0 Å². The van der Waals surface area contributed by atoms with Crippen LogP contribution in [0.1, 0.15) is 19.3 Å². The molecular formula is C15H15N3O3. The molecule has 0 bridgehead atoms. The molecule has 3 N–H and O–H groups in total. The summed E-state index contributed by atoms with van der Waals surface area (Å²) in [6, 6.07) is 8.57. The van der Waals surface area contributed by atoms with Crippen LogP contribution in [0.15, 0.2) is 36.5 Å².